The second kappa shape index (κ2) is 3.10. The highest BCUT2D eigenvalue weighted by Gasteiger charge is 2.26. The molecule has 1 atom stereocenters. The van der Waals surface area contributed by atoms with Gasteiger partial charge in [-0.1, -0.05) is 17.7 Å². The maximum atomic E-state index is 11.5. The molecule has 0 saturated heterocycles. The lowest BCUT2D eigenvalue weighted by atomic mass is 9.95. The van der Waals surface area contributed by atoms with Gasteiger partial charge in [-0.2, -0.15) is 0 Å². The molecule has 2 rings (SSSR count). The van der Waals surface area contributed by atoms with Gasteiger partial charge in [-0.3, -0.25) is 4.79 Å². The summed E-state index contributed by atoms with van der Waals surface area (Å²) in [5.74, 6) is 0.0915. The zero-order valence-corrected chi connectivity index (χ0v) is 8.45. The lowest BCUT2D eigenvalue weighted by Gasteiger charge is -2.29. The molecule has 1 aliphatic rings. The molecule has 1 heterocycles. The highest BCUT2D eigenvalue weighted by Crippen LogP contribution is 2.32. The first kappa shape index (κ1) is 9.21. The Bertz CT molecular complexity index is 387. The second-order valence-electron chi connectivity index (χ2n) is 3.83. The zero-order chi connectivity index (χ0) is 10.3. The van der Waals surface area contributed by atoms with Gasteiger partial charge in [0.1, 0.15) is 0 Å². The van der Waals surface area contributed by atoms with Crippen molar-refractivity contribution < 1.29 is 4.79 Å². The molecular formula is C11H14N2O. The van der Waals surface area contributed by atoms with E-state index in [4.69, 9.17) is 5.73 Å². The van der Waals surface area contributed by atoms with Crippen molar-refractivity contribution in [3.63, 3.8) is 0 Å². The van der Waals surface area contributed by atoms with Gasteiger partial charge < -0.3 is 10.6 Å². The highest BCUT2D eigenvalue weighted by atomic mass is 16.2. The SMILES string of the molecule is Cc1ccc2c(c1)C(N)CC(=O)N2C. The fourth-order valence-corrected chi connectivity index (χ4v) is 1.85. The molecule has 1 aromatic carbocycles. The van der Waals surface area contributed by atoms with E-state index in [1.54, 1.807) is 11.9 Å². The number of amides is 1. The van der Waals surface area contributed by atoms with E-state index in [2.05, 4.69) is 6.07 Å². The number of benzene rings is 1. The maximum Gasteiger partial charge on any atom is 0.228 e. The van der Waals surface area contributed by atoms with E-state index in [9.17, 15) is 4.79 Å². The first-order chi connectivity index (χ1) is 6.59. The maximum absolute atomic E-state index is 11.5. The van der Waals surface area contributed by atoms with Gasteiger partial charge in [0, 0.05) is 25.2 Å². The molecule has 1 aliphatic heterocycles. The normalized spacial score (nSPS) is 20.9. The fourth-order valence-electron chi connectivity index (χ4n) is 1.85. The number of hydrogen-bond acceptors (Lipinski definition) is 2. The van der Waals surface area contributed by atoms with Gasteiger partial charge in [0.05, 0.1) is 0 Å². The number of hydrogen-bond donors (Lipinski definition) is 1. The van der Waals surface area contributed by atoms with Crippen molar-refractivity contribution in [1.29, 1.82) is 0 Å². The highest BCUT2D eigenvalue weighted by molar-refractivity contribution is 5.96. The quantitative estimate of drug-likeness (QED) is 0.671. The number of carbonyl (C=O) groups excluding carboxylic acids is 1. The average molecular weight is 190 g/mol. The number of nitrogens with zero attached hydrogens (tertiary/aromatic N) is 1. The predicted octanol–water partition coefficient (Wildman–Crippen LogP) is 1.36. The van der Waals surface area contributed by atoms with Gasteiger partial charge in [0.2, 0.25) is 5.91 Å². The molecular weight excluding hydrogens is 176 g/mol. The van der Waals surface area contributed by atoms with E-state index in [0.29, 0.717) is 6.42 Å². The Kier molecular flexibility index (Phi) is 2.04. The fraction of sp³-hybridized carbons (Fsp3) is 0.364. The molecule has 1 amide bonds. The largest absolute Gasteiger partial charge is 0.323 e. The number of anilines is 1. The molecule has 74 valence electrons. The Morgan fingerprint density at radius 1 is 1.50 bits per heavy atom. The van der Waals surface area contributed by atoms with E-state index in [1.807, 2.05) is 19.1 Å². The van der Waals surface area contributed by atoms with E-state index < -0.39 is 0 Å². The lowest BCUT2D eigenvalue weighted by molar-refractivity contribution is -0.119. The molecule has 3 heteroatoms. The van der Waals surface area contributed by atoms with Crippen LogP contribution in [0.3, 0.4) is 0 Å². The van der Waals surface area contributed by atoms with Gasteiger partial charge in [-0.25, -0.2) is 0 Å². The molecule has 14 heavy (non-hydrogen) atoms. The van der Waals surface area contributed by atoms with Crippen LogP contribution in [0.5, 0.6) is 0 Å². The van der Waals surface area contributed by atoms with Crippen LogP contribution in [0, 0.1) is 6.92 Å². The van der Waals surface area contributed by atoms with Crippen molar-refractivity contribution in [2.45, 2.75) is 19.4 Å². The van der Waals surface area contributed by atoms with Crippen molar-refractivity contribution in [2.75, 3.05) is 11.9 Å². The molecule has 2 N–H and O–H groups in total. The average Bonchev–Trinajstić information content (AvgIpc) is 2.14. The van der Waals surface area contributed by atoms with Crippen LogP contribution in [0.4, 0.5) is 5.69 Å². The first-order valence-electron chi connectivity index (χ1n) is 4.72. The summed E-state index contributed by atoms with van der Waals surface area (Å²) in [5, 5.41) is 0. The molecule has 3 nitrogen and oxygen atoms in total. The predicted molar refractivity (Wildman–Crippen MR) is 56.1 cm³/mol. The number of carbonyl (C=O) groups is 1. The summed E-state index contributed by atoms with van der Waals surface area (Å²) in [6.45, 7) is 2.03. The van der Waals surface area contributed by atoms with Crippen LogP contribution < -0.4 is 10.6 Å². The summed E-state index contributed by atoms with van der Waals surface area (Å²) in [4.78, 5) is 13.2. The third-order valence-corrected chi connectivity index (χ3v) is 2.71. The Labute approximate surface area is 83.5 Å². The minimum atomic E-state index is -0.145. The summed E-state index contributed by atoms with van der Waals surface area (Å²) in [5.41, 5.74) is 9.12. The molecule has 0 radical (unpaired) electrons. The third-order valence-electron chi connectivity index (χ3n) is 2.71. The molecule has 1 aromatic rings. The monoisotopic (exact) mass is 190 g/mol. The van der Waals surface area contributed by atoms with Crippen LogP contribution in [-0.4, -0.2) is 13.0 Å². The third kappa shape index (κ3) is 1.30. The molecule has 0 aliphatic carbocycles. The van der Waals surface area contributed by atoms with Crippen molar-refractivity contribution in [2.24, 2.45) is 5.73 Å². The van der Waals surface area contributed by atoms with E-state index in [0.717, 1.165) is 11.3 Å². The summed E-state index contributed by atoms with van der Waals surface area (Å²) in [7, 11) is 1.79. The summed E-state index contributed by atoms with van der Waals surface area (Å²) >= 11 is 0. The van der Waals surface area contributed by atoms with Gasteiger partial charge in [0.25, 0.3) is 0 Å². The van der Waals surface area contributed by atoms with E-state index >= 15 is 0 Å². The van der Waals surface area contributed by atoms with E-state index in [-0.39, 0.29) is 11.9 Å². The number of aryl methyl sites for hydroxylation is 1. The molecule has 0 spiro atoms. The Hall–Kier alpha value is -1.35. The Balaban J connectivity index is 2.55. The zero-order valence-electron chi connectivity index (χ0n) is 8.45. The van der Waals surface area contributed by atoms with E-state index in [1.165, 1.54) is 5.56 Å². The summed E-state index contributed by atoms with van der Waals surface area (Å²) in [6.07, 6.45) is 0.410. The van der Waals surface area contributed by atoms with Crippen LogP contribution in [0.15, 0.2) is 18.2 Å². The Morgan fingerprint density at radius 2 is 2.21 bits per heavy atom. The lowest BCUT2D eigenvalue weighted by Crippen LogP contribution is -2.35. The van der Waals surface area contributed by atoms with Crippen LogP contribution in [0.1, 0.15) is 23.6 Å². The number of nitrogens with two attached hydrogens (primary N) is 1. The topological polar surface area (TPSA) is 46.3 Å². The summed E-state index contributed by atoms with van der Waals surface area (Å²) < 4.78 is 0. The molecule has 0 saturated carbocycles. The van der Waals surface area contributed by atoms with Crippen LogP contribution in [0.2, 0.25) is 0 Å². The van der Waals surface area contributed by atoms with Gasteiger partial charge >= 0.3 is 0 Å². The number of rotatable bonds is 0. The molecule has 0 fully saturated rings. The van der Waals surface area contributed by atoms with Gasteiger partial charge in [-0.15, -0.1) is 0 Å². The van der Waals surface area contributed by atoms with Gasteiger partial charge in [-0.05, 0) is 18.6 Å². The van der Waals surface area contributed by atoms with Crippen molar-refractivity contribution in [3.8, 4) is 0 Å². The first-order valence-corrected chi connectivity index (χ1v) is 4.72. The summed E-state index contributed by atoms with van der Waals surface area (Å²) in [6, 6.07) is 5.87. The van der Waals surface area contributed by atoms with Gasteiger partial charge in [0.15, 0.2) is 0 Å². The van der Waals surface area contributed by atoms with Crippen molar-refractivity contribution >= 4 is 11.6 Å². The van der Waals surface area contributed by atoms with Crippen molar-refractivity contribution in [3.05, 3.63) is 29.3 Å². The smallest absolute Gasteiger partial charge is 0.228 e. The molecule has 0 aromatic heterocycles. The second-order valence-corrected chi connectivity index (χ2v) is 3.83. The standard InChI is InChI=1S/C11H14N2O/c1-7-3-4-10-8(5-7)9(12)6-11(14)13(10)2/h3-5,9H,6,12H2,1-2H3. The van der Waals surface area contributed by atoms with Crippen LogP contribution in [-0.2, 0) is 4.79 Å². The Morgan fingerprint density at radius 3 is 2.93 bits per heavy atom. The minimum Gasteiger partial charge on any atom is -0.323 e. The molecule has 1 unspecified atom stereocenters. The minimum absolute atomic E-state index is 0.0915. The van der Waals surface area contributed by atoms with Crippen LogP contribution >= 0.6 is 0 Å². The van der Waals surface area contributed by atoms with Crippen LogP contribution in [0.25, 0.3) is 0 Å². The molecule has 0 bridgehead atoms. The number of fused-ring (bicyclic) bond motifs is 1. The van der Waals surface area contributed by atoms with Crippen molar-refractivity contribution in [1.82, 2.24) is 0 Å².